The van der Waals surface area contributed by atoms with Crippen LogP contribution in [0.5, 0.6) is 0 Å². The maximum atomic E-state index is 3.84. The molecule has 8 aromatic carbocycles. The van der Waals surface area contributed by atoms with Gasteiger partial charge in [0.05, 0.1) is 22.1 Å². The number of benzene rings is 8. The fourth-order valence-corrected chi connectivity index (χ4v) is 9.95. The Balaban J connectivity index is 0.910. The van der Waals surface area contributed by atoms with Crippen molar-refractivity contribution in [2.45, 2.75) is 18.0 Å². The normalized spacial score (nSPS) is 18.6. The fourth-order valence-electron chi connectivity index (χ4n) is 9.95. The van der Waals surface area contributed by atoms with Crippen LogP contribution < -0.4 is 5.32 Å². The number of para-hydroxylation sites is 3. The largest absolute Gasteiger partial charge is 0.371 e. The van der Waals surface area contributed by atoms with Gasteiger partial charge < -0.3 is 14.5 Å². The Morgan fingerprint density at radius 1 is 0.421 bits per heavy atom. The number of aromatic nitrogens is 2. The summed E-state index contributed by atoms with van der Waals surface area (Å²) in [5.41, 5.74) is 15.0. The minimum atomic E-state index is 0.00187. The van der Waals surface area contributed by atoms with Crippen LogP contribution in [0.1, 0.15) is 18.2 Å². The standard InChI is InChI=1S/C54H39N3/c1-3-12-36(13-4-1)37-22-24-38(25-23-37)39-14-11-15-42(32-39)54-30-31-55-53(48(54)35-54)57-50-21-10-8-19-45(50)47-34-41(27-29-52(47)57)40-26-28-51-46(33-40)44-18-7-9-20-49(44)56(51)43-16-5-2-6-17-43/h1-34,48,53,55H,35H2/t48-,53?,54?/m1/s1. The van der Waals surface area contributed by atoms with Gasteiger partial charge in [-0.1, -0.05) is 152 Å². The van der Waals surface area contributed by atoms with E-state index in [1.165, 1.54) is 88.2 Å². The molecule has 3 atom stereocenters. The van der Waals surface area contributed by atoms with Crippen LogP contribution in [-0.4, -0.2) is 9.13 Å². The summed E-state index contributed by atoms with van der Waals surface area (Å²) < 4.78 is 4.96. The first kappa shape index (κ1) is 32.2. The van der Waals surface area contributed by atoms with E-state index in [1.54, 1.807) is 0 Å². The Labute approximate surface area is 331 Å². The molecule has 1 N–H and O–H groups in total. The molecular weight excluding hydrogens is 691 g/mol. The van der Waals surface area contributed by atoms with Crippen LogP contribution in [0, 0.1) is 5.92 Å². The van der Waals surface area contributed by atoms with Gasteiger partial charge in [-0.05, 0) is 100 Å². The summed E-state index contributed by atoms with van der Waals surface area (Å²) in [5.74, 6) is 0.432. The molecule has 0 spiro atoms. The smallest absolute Gasteiger partial charge is 0.107 e. The van der Waals surface area contributed by atoms with Crippen molar-refractivity contribution >= 4 is 43.6 Å². The highest BCUT2D eigenvalue weighted by molar-refractivity contribution is 6.12. The second kappa shape index (κ2) is 12.5. The highest BCUT2D eigenvalue weighted by Crippen LogP contribution is 2.62. The van der Waals surface area contributed by atoms with Gasteiger partial charge in [0.1, 0.15) is 6.17 Å². The fraction of sp³-hybridized carbons (Fsp3) is 0.0741. The predicted octanol–water partition coefficient (Wildman–Crippen LogP) is 13.5. The number of nitrogens with one attached hydrogen (secondary N) is 1. The Morgan fingerprint density at radius 2 is 0.930 bits per heavy atom. The highest BCUT2D eigenvalue weighted by Gasteiger charge is 2.59. The van der Waals surface area contributed by atoms with E-state index in [4.69, 9.17) is 0 Å². The molecule has 1 aliphatic carbocycles. The third-order valence-corrected chi connectivity index (χ3v) is 12.8. The van der Waals surface area contributed by atoms with Crippen molar-refractivity contribution in [3.05, 3.63) is 212 Å². The molecule has 2 aliphatic rings. The maximum absolute atomic E-state index is 3.84. The summed E-state index contributed by atoms with van der Waals surface area (Å²) in [6, 6.07) is 71.3. The second-order valence-electron chi connectivity index (χ2n) is 15.9. The quantitative estimate of drug-likeness (QED) is 0.181. The highest BCUT2D eigenvalue weighted by atomic mass is 15.2. The van der Waals surface area contributed by atoms with Gasteiger partial charge in [-0.25, -0.2) is 0 Å². The van der Waals surface area contributed by atoms with Crippen LogP contribution in [0.3, 0.4) is 0 Å². The molecule has 1 fully saturated rings. The van der Waals surface area contributed by atoms with E-state index in [0.717, 1.165) is 6.42 Å². The lowest BCUT2D eigenvalue weighted by molar-refractivity contribution is 0.385. The average Bonchev–Trinajstić information content (AvgIpc) is 3.86. The molecular formula is C54H39N3. The summed E-state index contributed by atoms with van der Waals surface area (Å²) in [6.07, 6.45) is 5.88. The van der Waals surface area contributed by atoms with Crippen molar-refractivity contribution in [3.8, 4) is 39.1 Å². The number of hydrogen-bond donors (Lipinski definition) is 1. The third-order valence-electron chi connectivity index (χ3n) is 12.8. The van der Waals surface area contributed by atoms with Crippen molar-refractivity contribution in [2.75, 3.05) is 0 Å². The van der Waals surface area contributed by atoms with E-state index in [0.29, 0.717) is 5.92 Å². The summed E-state index contributed by atoms with van der Waals surface area (Å²) in [5, 5.41) is 8.96. The second-order valence-corrected chi connectivity index (χ2v) is 15.9. The molecule has 1 aliphatic heterocycles. The van der Waals surface area contributed by atoms with Gasteiger partial charge in [-0.3, -0.25) is 0 Å². The number of hydrogen-bond acceptors (Lipinski definition) is 1. The molecule has 57 heavy (non-hydrogen) atoms. The molecule has 2 aromatic heterocycles. The van der Waals surface area contributed by atoms with Crippen molar-refractivity contribution < 1.29 is 0 Å². The number of rotatable bonds is 6. The van der Waals surface area contributed by atoms with Gasteiger partial charge >= 0.3 is 0 Å². The predicted molar refractivity (Wildman–Crippen MR) is 238 cm³/mol. The lowest BCUT2D eigenvalue weighted by atomic mass is 9.88. The lowest BCUT2D eigenvalue weighted by Gasteiger charge is -2.29. The maximum Gasteiger partial charge on any atom is 0.107 e. The van der Waals surface area contributed by atoms with Gasteiger partial charge in [-0.2, -0.15) is 0 Å². The molecule has 0 amide bonds. The van der Waals surface area contributed by atoms with Crippen LogP contribution in [0.2, 0.25) is 0 Å². The van der Waals surface area contributed by atoms with Gasteiger partial charge in [0.15, 0.2) is 0 Å². The molecule has 12 rings (SSSR count). The molecule has 0 bridgehead atoms. The first-order valence-electron chi connectivity index (χ1n) is 20.1. The van der Waals surface area contributed by atoms with E-state index in [2.05, 4.69) is 221 Å². The van der Waals surface area contributed by atoms with Crippen LogP contribution in [0.25, 0.3) is 82.7 Å². The summed E-state index contributed by atoms with van der Waals surface area (Å²) in [6.45, 7) is 0. The Hall–Kier alpha value is -7.10. The molecule has 10 aromatic rings. The number of nitrogens with zero attached hydrogens (tertiary/aromatic N) is 2. The van der Waals surface area contributed by atoms with Crippen molar-refractivity contribution in [2.24, 2.45) is 5.92 Å². The van der Waals surface area contributed by atoms with E-state index in [-0.39, 0.29) is 11.6 Å². The Morgan fingerprint density at radius 3 is 1.68 bits per heavy atom. The zero-order valence-corrected chi connectivity index (χ0v) is 31.4. The topological polar surface area (TPSA) is 21.9 Å². The minimum absolute atomic E-state index is 0.00187. The summed E-state index contributed by atoms with van der Waals surface area (Å²) >= 11 is 0. The molecule has 3 nitrogen and oxygen atoms in total. The van der Waals surface area contributed by atoms with Crippen LogP contribution in [0.15, 0.2) is 206 Å². The number of fused-ring (bicyclic) bond motifs is 7. The van der Waals surface area contributed by atoms with E-state index in [9.17, 15) is 0 Å². The van der Waals surface area contributed by atoms with Crippen molar-refractivity contribution in [3.63, 3.8) is 0 Å². The third kappa shape index (κ3) is 4.98. The van der Waals surface area contributed by atoms with Crippen molar-refractivity contribution in [1.82, 2.24) is 14.5 Å². The van der Waals surface area contributed by atoms with E-state index >= 15 is 0 Å². The average molecular weight is 730 g/mol. The van der Waals surface area contributed by atoms with Gasteiger partial charge in [0.25, 0.3) is 0 Å². The SMILES string of the molecule is C1=CC2(c3cccc(-c4ccc(-c5ccccc5)cc4)c3)C[C@@H]2C(n2c3ccccc3c3cc(-c4ccc5c(c4)c4ccccc4n5-c4ccccc4)ccc32)N1. The van der Waals surface area contributed by atoms with Crippen LogP contribution in [0.4, 0.5) is 0 Å². The molecule has 1 saturated carbocycles. The van der Waals surface area contributed by atoms with Crippen LogP contribution >= 0.6 is 0 Å². The molecule has 0 radical (unpaired) electrons. The first-order chi connectivity index (χ1) is 28.2. The molecule has 3 heteroatoms. The van der Waals surface area contributed by atoms with E-state index < -0.39 is 0 Å². The van der Waals surface area contributed by atoms with Gasteiger partial charge in [0.2, 0.25) is 0 Å². The first-order valence-corrected chi connectivity index (χ1v) is 20.1. The van der Waals surface area contributed by atoms with Crippen LogP contribution in [-0.2, 0) is 5.41 Å². The minimum Gasteiger partial charge on any atom is -0.371 e. The molecule has 270 valence electrons. The van der Waals surface area contributed by atoms with Gasteiger partial charge in [0, 0.05) is 38.6 Å². The van der Waals surface area contributed by atoms with Crippen molar-refractivity contribution in [1.29, 1.82) is 0 Å². The summed E-state index contributed by atoms with van der Waals surface area (Å²) in [7, 11) is 0. The van der Waals surface area contributed by atoms with E-state index in [1.807, 2.05) is 0 Å². The molecule has 0 saturated heterocycles. The summed E-state index contributed by atoms with van der Waals surface area (Å²) in [4.78, 5) is 0. The Kier molecular flexibility index (Phi) is 7.03. The monoisotopic (exact) mass is 729 g/mol. The molecule has 2 unspecified atom stereocenters. The molecule has 3 heterocycles. The van der Waals surface area contributed by atoms with Gasteiger partial charge in [-0.15, -0.1) is 0 Å². The Bertz CT molecular complexity index is 3190. The number of allylic oxidation sites excluding steroid dienone is 1. The zero-order chi connectivity index (χ0) is 37.5. The zero-order valence-electron chi connectivity index (χ0n) is 31.4. The lowest BCUT2D eigenvalue weighted by Crippen LogP contribution is -2.31.